The Labute approximate surface area is 204 Å². The molecule has 0 saturated carbocycles. The number of para-hydroxylation sites is 1. The number of rotatable bonds is 7. The highest BCUT2D eigenvalue weighted by Gasteiger charge is 2.31. The third kappa shape index (κ3) is 5.96. The number of aryl methyl sites for hydroxylation is 1. The van der Waals surface area contributed by atoms with E-state index in [4.69, 9.17) is 10.00 Å². The molecule has 0 bridgehead atoms. The minimum Gasteiger partial charge on any atom is -0.448 e. The number of halogens is 3. The predicted octanol–water partition coefficient (Wildman–Crippen LogP) is 4.05. The Hall–Kier alpha value is -4.46. The molecule has 0 spiro atoms. The lowest BCUT2D eigenvalue weighted by Gasteiger charge is -2.25. The van der Waals surface area contributed by atoms with Crippen LogP contribution in [-0.2, 0) is 15.7 Å². The molecular weight excluding hydrogens is 477 g/mol. The molecule has 0 saturated heterocycles. The number of ether oxygens (including phenoxy) is 1. The Morgan fingerprint density at radius 2 is 1.83 bits per heavy atom. The van der Waals surface area contributed by atoms with Crippen LogP contribution >= 0.6 is 0 Å². The number of alkyl halides is 3. The van der Waals surface area contributed by atoms with Crippen LogP contribution < -0.4 is 10.3 Å². The van der Waals surface area contributed by atoms with E-state index >= 15 is 0 Å². The summed E-state index contributed by atoms with van der Waals surface area (Å²) in [5.74, 6) is -1.84. The fraction of sp³-hybridized carbons (Fsp3) is 0.240. The van der Waals surface area contributed by atoms with E-state index in [1.165, 1.54) is 30.9 Å². The highest BCUT2D eigenvalue weighted by atomic mass is 19.4. The quantitative estimate of drug-likeness (QED) is 0.455. The van der Waals surface area contributed by atoms with Gasteiger partial charge in [0, 0.05) is 24.0 Å². The van der Waals surface area contributed by atoms with Crippen LogP contribution in [0, 0.1) is 18.3 Å². The monoisotopic (exact) mass is 498 g/mol. The first-order valence-electron chi connectivity index (χ1n) is 10.8. The molecule has 1 aromatic heterocycles. The molecule has 2 aromatic carbocycles. The molecule has 0 N–H and O–H groups in total. The van der Waals surface area contributed by atoms with Crippen LogP contribution in [0.15, 0.2) is 65.5 Å². The number of carbonyl (C=O) groups excluding carboxylic acids is 2. The van der Waals surface area contributed by atoms with Gasteiger partial charge < -0.3 is 9.64 Å². The second kappa shape index (κ2) is 10.9. The van der Waals surface area contributed by atoms with E-state index in [9.17, 15) is 27.6 Å². The number of anilines is 1. The van der Waals surface area contributed by atoms with Crippen LogP contribution in [-0.4, -0.2) is 34.3 Å². The number of hydrogen-bond donors (Lipinski definition) is 0. The number of aromatic nitrogens is 2. The molecule has 0 radical (unpaired) electrons. The van der Waals surface area contributed by atoms with Gasteiger partial charge in [-0.25, -0.2) is 9.48 Å². The van der Waals surface area contributed by atoms with Crippen LogP contribution in [0.2, 0.25) is 0 Å². The largest absolute Gasteiger partial charge is 0.448 e. The van der Waals surface area contributed by atoms with Crippen LogP contribution in [0.3, 0.4) is 0 Å². The molecule has 11 heteroatoms. The minimum atomic E-state index is -4.60. The van der Waals surface area contributed by atoms with Gasteiger partial charge in [0.15, 0.2) is 6.10 Å². The molecule has 0 unspecified atom stereocenters. The molecule has 0 aliphatic carbocycles. The van der Waals surface area contributed by atoms with Crippen molar-refractivity contribution in [3.63, 3.8) is 0 Å². The van der Waals surface area contributed by atoms with Crippen LogP contribution in [0.4, 0.5) is 18.9 Å². The van der Waals surface area contributed by atoms with Crippen molar-refractivity contribution in [3.8, 4) is 11.8 Å². The third-order valence-corrected chi connectivity index (χ3v) is 5.13. The van der Waals surface area contributed by atoms with E-state index in [0.717, 1.165) is 22.9 Å². The van der Waals surface area contributed by atoms with Gasteiger partial charge in [-0.15, -0.1) is 0 Å². The van der Waals surface area contributed by atoms with Gasteiger partial charge in [-0.05, 0) is 44.2 Å². The van der Waals surface area contributed by atoms with Crippen molar-refractivity contribution in [3.05, 3.63) is 87.8 Å². The Bertz CT molecular complexity index is 1360. The van der Waals surface area contributed by atoms with Crippen molar-refractivity contribution in [2.24, 2.45) is 0 Å². The lowest BCUT2D eigenvalue weighted by atomic mass is 10.2. The molecule has 3 rings (SSSR count). The van der Waals surface area contributed by atoms with Crippen molar-refractivity contribution in [1.29, 1.82) is 5.26 Å². The second-order valence-corrected chi connectivity index (χ2v) is 7.74. The summed E-state index contributed by atoms with van der Waals surface area (Å²) < 4.78 is 45.6. The van der Waals surface area contributed by atoms with E-state index in [1.807, 2.05) is 6.07 Å². The van der Waals surface area contributed by atoms with Crippen molar-refractivity contribution >= 4 is 17.6 Å². The molecule has 0 fully saturated rings. The zero-order valence-corrected chi connectivity index (χ0v) is 19.3. The standard InChI is InChI=1S/C25H21F3N4O4/c1-16-14-21(33)22(30-32(16)20-11-6-8-18(15-20)25(26,27)28)24(35)36-17(2)23(34)31(13-7-12-29)19-9-4-3-5-10-19/h3-6,8-11,14-15,17H,7,13H2,1-2H3/t17-/m0/s1. The number of benzene rings is 2. The second-order valence-electron chi connectivity index (χ2n) is 7.74. The zero-order chi connectivity index (χ0) is 26.5. The molecular formula is C25H21F3N4O4. The molecule has 1 heterocycles. The van der Waals surface area contributed by atoms with E-state index in [2.05, 4.69) is 5.10 Å². The average molecular weight is 498 g/mol. The summed E-state index contributed by atoms with van der Waals surface area (Å²) in [6, 6.07) is 15.7. The Morgan fingerprint density at radius 3 is 2.47 bits per heavy atom. The van der Waals surface area contributed by atoms with Gasteiger partial charge in [0.25, 0.3) is 5.91 Å². The van der Waals surface area contributed by atoms with Gasteiger partial charge in [-0.2, -0.15) is 23.5 Å². The summed E-state index contributed by atoms with van der Waals surface area (Å²) >= 11 is 0. The maximum Gasteiger partial charge on any atom is 0.416 e. The van der Waals surface area contributed by atoms with E-state index in [-0.39, 0.29) is 24.3 Å². The highest BCUT2D eigenvalue weighted by Crippen LogP contribution is 2.30. The number of amides is 1. The molecule has 1 amide bonds. The van der Waals surface area contributed by atoms with Crippen molar-refractivity contribution < 1.29 is 27.5 Å². The number of carbonyl (C=O) groups is 2. The lowest BCUT2D eigenvalue weighted by Crippen LogP contribution is -2.41. The fourth-order valence-corrected chi connectivity index (χ4v) is 3.39. The normalized spacial score (nSPS) is 11.9. The van der Waals surface area contributed by atoms with Gasteiger partial charge in [-0.1, -0.05) is 24.3 Å². The summed E-state index contributed by atoms with van der Waals surface area (Å²) in [7, 11) is 0. The number of nitrogens with zero attached hydrogens (tertiary/aromatic N) is 4. The summed E-state index contributed by atoms with van der Waals surface area (Å²) in [5.41, 5.74) is -1.78. The molecule has 0 aliphatic heterocycles. The maximum absolute atomic E-state index is 13.1. The number of esters is 1. The average Bonchev–Trinajstić information content (AvgIpc) is 2.84. The molecule has 1 atom stereocenters. The topological polar surface area (TPSA) is 105 Å². The van der Waals surface area contributed by atoms with Crippen molar-refractivity contribution in [2.75, 3.05) is 11.4 Å². The Balaban J connectivity index is 1.88. The summed E-state index contributed by atoms with van der Waals surface area (Å²) in [4.78, 5) is 39.5. The van der Waals surface area contributed by atoms with E-state index < -0.39 is 40.8 Å². The first-order chi connectivity index (χ1) is 17.0. The van der Waals surface area contributed by atoms with E-state index in [0.29, 0.717) is 5.69 Å². The molecule has 36 heavy (non-hydrogen) atoms. The Kier molecular flexibility index (Phi) is 7.89. The molecule has 8 nitrogen and oxygen atoms in total. The fourth-order valence-electron chi connectivity index (χ4n) is 3.39. The van der Waals surface area contributed by atoms with Gasteiger partial charge in [0.2, 0.25) is 11.1 Å². The number of hydrogen-bond acceptors (Lipinski definition) is 6. The van der Waals surface area contributed by atoms with Crippen molar-refractivity contribution in [2.45, 2.75) is 32.5 Å². The Morgan fingerprint density at radius 1 is 1.14 bits per heavy atom. The van der Waals surface area contributed by atoms with Gasteiger partial charge in [-0.3, -0.25) is 9.59 Å². The first-order valence-corrected chi connectivity index (χ1v) is 10.8. The minimum absolute atomic E-state index is 0.0211. The third-order valence-electron chi connectivity index (χ3n) is 5.13. The maximum atomic E-state index is 13.1. The van der Waals surface area contributed by atoms with Gasteiger partial charge >= 0.3 is 12.1 Å². The molecule has 0 aliphatic rings. The van der Waals surface area contributed by atoms with Crippen LogP contribution in [0.5, 0.6) is 0 Å². The SMILES string of the molecule is Cc1cc(=O)c(C(=O)O[C@@H](C)C(=O)N(CCC#N)c2ccccc2)nn1-c1cccc(C(F)(F)F)c1. The first kappa shape index (κ1) is 26.2. The van der Waals surface area contributed by atoms with E-state index in [1.54, 1.807) is 30.3 Å². The summed E-state index contributed by atoms with van der Waals surface area (Å²) in [6.07, 6.45) is -5.92. The lowest BCUT2D eigenvalue weighted by molar-refractivity contribution is -0.137. The predicted molar refractivity (Wildman–Crippen MR) is 123 cm³/mol. The van der Waals surface area contributed by atoms with Crippen LogP contribution in [0.1, 0.15) is 35.1 Å². The van der Waals surface area contributed by atoms with Gasteiger partial charge in [0.1, 0.15) is 0 Å². The van der Waals surface area contributed by atoms with Gasteiger partial charge in [0.05, 0.1) is 23.7 Å². The highest BCUT2D eigenvalue weighted by molar-refractivity contribution is 5.98. The van der Waals surface area contributed by atoms with Crippen molar-refractivity contribution in [1.82, 2.24) is 9.78 Å². The van der Waals surface area contributed by atoms with Crippen LogP contribution in [0.25, 0.3) is 5.69 Å². The zero-order valence-electron chi connectivity index (χ0n) is 19.3. The molecule has 3 aromatic rings. The summed E-state index contributed by atoms with van der Waals surface area (Å²) in [5, 5.41) is 12.9. The number of nitriles is 1. The smallest absolute Gasteiger partial charge is 0.416 e. The summed E-state index contributed by atoms with van der Waals surface area (Å²) in [6.45, 7) is 2.80. The molecule has 186 valence electrons.